The topological polar surface area (TPSA) is 29.5 Å². The summed E-state index contributed by atoms with van der Waals surface area (Å²) in [5.41, 5.74) is 5.08. The van der Waals surface area contributed by atoms with E-state index in [4.69, 9.17) is 4.74 Å². The first kappa shape index (κ1) is 16.6. The van der Waals surface area contributed by atoms with E-state index in [1.165, 1.54) is 16.7 Å². The second-order valence-corrected chi connectivity index (χ2v) is 7.88. The summed E-state index contributed by atoms with van der Waals surface area (Å²) in [7, 11) is 0. The van der Waals surface area contributed by atoms with Crippen LogP contribution in [0.1, 0.15) is 54.0 Å². The second kappa shape index (κ2) is 6.88. The van der Waals surface area contributed by atoms with Crippen LogP contribution in [0.3, 0.4) is 0 Å². The predicted molar refractivity (Wildman–Crippen MR) is 107 cm³/mol. The Bertz CT molecular complexity index is 897. The molecule has 0 N–H and O–H groups in total. The Labute approximate surface area is 160 Å². The van der Waals surface area contributed by atoms with Crippen molar-refractivity contribution in [3.8, 4) is 5.75 Å². The van der Waals surface area contributed by atoms with Gasteiger partial charge in [-0.2, -0.15) is 0 Å². The van der Waals surface area contributed by atoms with Crippen molar-refractivity contribution in [3.63, 3.8) is 0 Å². The quantitative estimate of drug-likeness (QED) is 0.740. The van der Waals surface area contributed by atoms with Gasteiger partial charge in [0.05, 0.1) is 12.6 Å². The summed E-state index contributed by atoms with van der Waals surface area (Å²) in [5.74, 6) is 1.13. The van der Waals surface area contributed by atoms with Gasteiger partial charge in [0.2, 0.25) is 5.91 Å². The lowest BCUT2D eigenvalue weighted by atomic mass is 9.86. The van der Waals surface area contributed by atoms with Crippen molar-refractivity contribution >= 4 is 12.0 Å². The van der Waals surface area contributed by atoms with Crippen LogP contribution in [0.15, 0.2) is 48.5 Å². The third-order valence-electron chi connectivity index (χ3n) is 6.00. The Morgan fingerprint density at radius 2 is 1.93 bits per heavy atom. The summed E-state index contributed by atoms with van der Waals surface area (Å²) < 4.78 is 5.57. The molecule has 0 spiro atoms. The molecule has 1 unspecified atom stereocenters. The van der Waals surface area contributed by atoms with Crippen LogP contribution < -0.4 is 4.74 Å². The maximum absolute atomic E-state index is 13.2. The number of fused-ring (bicyclic) bond motifs is 2. The molecule has 1 saturated carbocycles. The molecule has 2 aromatic rings. The first-order valence-electron chi connectivity index (χ1n) is 10.1. The average Bonchev–Trinajstić information content (AvgIpc) is 3.42. The first-order chi connectivity index (χ1) is 13.3. The third kappa shape index (κ3) is 3.27. The number of benzene rings is 2. The Kier molecular flexibility index (Phi) is 4.23. The number of carbonyl (C=O) groups is 1. The summed E-state index contributed by atoms with van der Waals surface area (Å²) in [5, 5.41) is 0. The summed E-state index contributed by atoms with van der Waals surface area (Å²) >= 11 is 0. The average molecular weight is 359 g/mol. The minimum atomic E-state index is 0.149. The fourth-order valence-corrected chi connectivity index (χ4v) is 4.52. The lowest BCUT2D eigenvalue weighted by Crippen LogP contribution is -2.37. The van der Waals surface area contributed by atoms with Crippen LogP contribution in [0.4, 0.5) is 0 Å². The van der Waals surface area contributed by atoms with Crippen LogP contribution >= 0.6 is 0 Å². The number of hydrogen-bond donors (Lipinski definition) is 0. The van der Waals surface area contributed by atoms with Gasteiger partial charge in [-0.15, -0.1) is 0 Å². The van der Waals surface area contributed by atoms with Crippen molar-refractivity contribution in [2.45, 2.75) is 50.6 Å². The van der Waals surface area contributed by atoms with E-state index < -0.39 is 0 Å². The van der Waals surface area contributed by atoms with Gasteiger partial charge in [0.25, 0.3) is 0 Å². The van der Waals surface area contributed by atoms with Crippen LogP contribution in [-0.4, -0.2) is 23.5 Å². The Balaban J connectivity index is 1.39. The van der Waals surface area contributed by atoms with Gasteiger partial charge in [-0.25, -0.2) is 0 Å². The molecule has 5 rings (SSSR count). The van der Waals surface area contributed by atoms with Crippen molar-refractivity contribution in [1.82, 2.24) is 4.90 Å². The summed E-state index contributed by atoms with van der Waals surface area (Å²) in [6.07, 6.45) is 10.3. The van der Waals surface area contributed by atoms with Crippen molar-refractivity contribution in [3.05, 3.63) is 70.8 Å². The standard InChI is InChI=1S/C24H25NO2/c26-24(13-9-17-8-12-23-19(16-17)14-15-27-23)25(20-10-11-20)22-7-3-5-18-4-1-2-6-21(18)22/h1-2,4,6,8-9,12-13,16,20,22H,3,5,7,10-11,14-15H2/b13-9+. The minimum absolute atomic E-state index is 0.149. The number of ether oxygens (including phenoxy) is 1. The molecule has 2 aromatic carbocycles. The number of carbonyl (C=O) groups excluding carboxylic acids is 1. The molecule has 1 atom stereocenters. The molecule has 1 fully saturated rings. The molecule has 27 heavy (non-hydrogen) atoms. The molecule has 138 valence electrons. The fraction of sp³-hybridized carbons (Fsp3) is 0.375. The highest BCUT2D eigenvalue weighted by Gasteiger charge is 2.38. The SMILES string of the molecule is O=C(/C=C/c1ccc2c(c1)CCO2)N(C1CC1)C1CCCc2ccccc21. The van der Waals surface area contributed by atoms with E-state index in [2.05, 4.69) is 35.2 Å². The van der Waals surface area contributed by atoms with Gasteiger partial charge in [-0.3, -0.25) is 4.79 Å². The zero-order valence-electron chi connectivity index (χ0n) is 15.6. The van der Waals surface area contributed by atoms with Gasteiger partial charge in [-0.1, -0.05) is 30.3 Å². The highest BCUT2D eigenvalue weighted by atomic mass is 16.5. The Hall–Kier alpha value is -2.55. The highest BCUT2D eigenvalue weighted by molar-refractivity contribution is 5.92. The third-order valence-corrected chi connectivity index (χ3v) is 6.00. The molecule has 0 saturated heterocycles. The van der Waals surface area contributed by atoms with Crippen molar-refractivity contribution in [2.75, 3.05) is 6.61 Å². The van der Waals surface area contributed by atoms with Gasteiger partial charge < -0.3 is 9.64 Å². The van der Waals surface area contributed by atoms with E-state index in [-0.39, 0.29) is 11.9 Å². The van der Waals surface area contributed by atoms with Crippen LogP contribution in [0, 0.1) is 0 Å². The maximum atomic E-state index is 13.2. The fourth-order valence-electron chi connectivity index (χ4n) is 4.52. The van der Waals surface area contributed by atoms with Crippen LogP contribution in [-0.2, 0) is 17.6 Å². The van der Waals surface area contributed by atoms with Crippen LogP contribution in [0.25, 0.3) is 6.08 Å². The smallest absolute Gasteiger partial charge is 0.247 e. The number of nitrogens with zero attached hydrogens (tertiary/aromatic N) is 1. The Morgan fingerprint density at radius 1 is 1.04 bits per heavy atom. The van der Waals surface area contributed by atoms with E-state index in [0.29, 0.717) is 6.04 Å². The molecule has 3 aliphatic rings. The van der Waals surface area contributed by atoms with Crippen molar-refractivity contribution in [2.24, 2.45) is 0 Å². The van der Waals surface area contributed by atoms with E-state index >= 15 is 0 Å². The lowest BCUT2D eigenvalue weighted by molar-refractivity contribution is -0.129. The van der Waals surface area contributed by atoms with Gasteiger partial charge in [-0.05, 0) is 72.6 Å². The first-order valence-corrected chi connectivity index (χ1v) is 10.1. The van der Waals surface area contributed by atoms with E-state index in [0.717, 1.165) is 56.4 Å². The normalized spacial score (nSPS) is 20.8. The monoisotopic (exact) mass is 359 g/mol. The lowest BCUT2D eigenvalue weighted by Gasteiger charge is -2.35. The van der Waals surface area contributed by atoms with E-state index in [9.17, 15) is 4.79 Å². The van der Waals surface area contributed by atoms with E-state index in [1.54, 1.807) is 6.08 Å². The summed E-state index contributed by atoms with van der Waals surface area (Å²) in [4.78, 5) is 15.3. The summed E-state index contributed by atoms with van der Waals surface area (Å²) in [6, 6.07) is 15.5. The molecular formula is C24H25NO2. The van der Waals surface area contributed by atoms with E-state index in [1.807, 2.05) is 18.2 Å². The van der Waals surface area contributed by atoms with Gasteiger partial charge >= 0.3 is 0 Å². The molecular weight excluding hydrogens is 334 g/mol. The van der Waals surface area contributed by atoms with Gasteiger partial charge in [0.1, 0.15) is 5.75 Å². The zero-order chi connectivity index (χ0) is 18.2. The predicted octanol–water partition coefficient (Wildman–Crippen LogP) is 4.70. The molecule has 3 nitrogen and oxygen atoms in total. The summed E-state index contributed by atoms with van der Waals surface area (Å²) in [6.45, 7) is 0.762. The largest absolute Gasteiger partial charge is 0.493 e. The molecule has 1 heterocycles. The molecule has 0 radical (unpaired) electrons. The van der Waals surface area contributed by atoms with Gasteiger partial charge in [0.15, 0.2) is 0 Å². The van der Waals surface area contributed by atoms with Crippen molar-refractivity contribution < 1.29 is 9.53 Å². The number of aryl methyl sites for hydroxylation is 1. The second-order valence-electron chi connectivity index (χ2n) is 7.88. The highest BCUT2D eigenvalue weighted by Crippen LogP contribution is 2.41. The molecule has 3 heteroatoms. The number of amides is 1. The van der Waals surface area contributed by atoms with Crippen LogP contribution in [0.5, 0.6) is 5.75 Å². The molecule has 0 aromatic heterocycles. The maximum Gasteiger partial charge on any atom is 0.247 e. The van der Waals surface area contributed by atoms with Gasteiger partial charge in [0, 0.05) is 18.5 Å². The van der Waals surface area contributed by atoms with Crippen LogP contribution in [0.2, 0.25) is 0 Å². The Morgan fingerprint density at radius 3 is 2.81 bits per heavy atom. The van der Waals surface area contributed by atoms with Crippen molar-refractivity contribution in [1.29, 1.82) is 0 Å². The number of hydrogen-bond acceptors (Lipinski definition) is 2. The molecule has 2 aliphatic carbocycles. The molecule has 1 amide bonds. The molecule has 1 aliphatic heterocycles. The molecule has 0 bridgehead atoms. The number of rotatable bonds is 4. The zero-order valence-corrected chi connectivity index (χ0v) is 15.6. The minimum Gasteiger partial charge on any atom is -0.493 e.